The summed E-state index contributed by atoms with van der Waals surface area (Å²) in [7, 11) is 0. The summed E-state index contributed by atoms with van der Waals surface area (Å²) in [6, 6.07) is 3.79. The van der Waals surface area contributed by atoms with E-state index in [1.165, 1.54) is 0 Å². The number of piperidine rings is 1. The molecular weight excluding hydrogens is 256 g/mol. The summed E-state index contributed by atoms with van der Waals surface area (Å²) >= 11 is 0. The Hall–Kier alpha value is -2.24. The Morgan fingerprint density at radius 1 is 1.30 bits per heavy atom. The van der Waals surface area contributed by atoms with Crippen LogP contribution in [-0.4, -0.2) is 24.9 Å². The van der Waals surface area contributed by atoms with Crippen molar-refractivity contribution in [2.75, 3.05) is 29.0 Å². The number of nitrogens with zero attached hydrogens (tertiary/aromatic N) is 1. The van der Waals surface area contributed by atoms with Crippen molar-refractivity contribution in [2.45, 2.75) is 19.3 Å². The Kier molecular flexibility index (Phi) is 3.00. The topological polar surface area (TPSA) is 101 Å². The maximum atomic E-state index is 11.4. The van der Waals surface area contributed by atoms with Gasteiger partial charge in [0.2, 0.25) is 11.8 Å². The van der Waals surface area contributed by atoms with Crippen molar-refractivity contribution in [1.82, 2.24) is 0 Å². The lowest BCUT2D eigenvalue weighted by atomic mass is 9.95. The number of nitrogen functional groups attached to an aromatic ring is 1. The molecule has 1 saturated heterocycles. The average molecular weight is 274 g/mol. The molecule has 2 aliphatic rings. The molecule has 0 bridgehead atoms. The van der Waals surface area contributed by atoms with Gasteiger partial charge in [0.15, 0.2) is 0 Å². The Morgan fingerprint density at radius 3 is 2.65 bits per heavy atom. The number of nitrogens with two attached hydrogens (primary N) is 2. The average Bonchev–Trinajstić information content (AvgIpc) is 2.77. The molecule has 6 heteroatoms. The van der Waals surface area contributed by atoms with Crippen LogP contribution < -0.4 is 21.7 Å². The first-order chi connectivity index (χ1) is 9.54. The van der Waals surface area contributed by atoms with Crippen LogP contribution in [0, 0.1) is 5.92 Å². The van der Waals surface area contributed by atoms with Crippen LogP contribution in [0.5, 0.6) is 0 Å². The van der Waals surface area contributed by atoms with E-state index in [0.29, 0.717) is 12.1 Å². The Bertz CT molecular complexity index is 577. The number of benzene rings is 1. The second-order valence-electron chi connectivity index (χ2n) is 5.46. The van der Waals surface area contributed by atoms with Crippen molar-refractivity contribution >= 4 is 28.9 Å². The molecule has 1 fully saturated rings. The molecule has 2 amide bonds. The Labute approximate surface area is 117 Å². The first-order valence-electron chi connectivity index (χ1n) is 6.81. The minimum Gasteiger partial charge on any atom is -0.397 e. The molecule has 0 spiro atoms. The first kappa shape index (κ1) is 12.8. The van der Waals surface area contributed by atoms with E-state index in [2.05, 4.69) is 10.2 Å². The molecule has 1 aromatic rings. The van der Waals surface area contributed by atoms with E-state index in [1.54, 1.807) is 0 Å². The van der Waals surface area contributed by atoms with Gasteiger partial charge in [0.05, 0.1) is 17.8 Å². The number of carbonyl (C=O) groups is 2. The number of primary amides is 1. The molecule has 0 atom stereocenters. The van der Waals surface area contributed by atoms with Gasteiger partial charge in [-0.25, -0.2) is 0 Å². The number of hydrogen-bond donors (Lipinski definition) is 3. The normalized spacial score (nSPS) is 18.8. The zero-order valence-corrected chi connectivity index (χ0v) is 11.2. The van der Waals surface area contributed by atoms with Crippen LogP contribution in [0.25, 0.3) is 0 Å². The van der Waals surface area contributed by atoms with E-state index in [0.717, 1.165) is 42.9 Å². The Balaban J connectivity index is 1.80. The molecule has 0 aromatic heterocycles. The monoisotopic (exact) mass is 274 g/mol. The van der Waals surface area contributed by atoms with Gasteiger partial charge in [0.25, 0.3) is 0 Å². The maximum Gasteiger partial charge on any atom is 0.228 e. The number of carbonyl (C=O) groups excluding carboxylic acids is 2. The van der Waals surface area contributed by atoms with E-state index < -0.39 is 0 Å². The molecule has 0 aliphatic carbocycles. The van der Waals surface area contributed by atoms with Crippen molar-refractivity contribution in [3.05, 3.63) is 17.7 Å². The second kappa shape index (κ2) is 4.70. The summed E-state index contributed by atoms with van der Waals surface area (Å²) in [6.45, 7) is 1.51. The third-order valence-corrected chi connectivity index (χ3v) is 4.12. The highest BCUT2D eigenvalue weighted by Gasteiger charge is 2.26. The van der Waals surface area contributed by atoms with Crippen LogP contribution in [0.1, 0.15) is 18.4 Å². The molecule has 0 unspecified atom stereocenters. The number of fused-ring (bicyclic) bond motifs is 1. The molecule has 2 heterocycles. The first-order valence-corrected chi connectivity index (χ1v) is 6.81. The molecule has 0 radical (unpaired) electrons. The fraction of sp³-hybridized carbons (Fsp3) is 0.429. The minimum atomic E-state index is -0.223. The van der Waals surface area contributed by atoms with E-state index in [1.807, 2.05) is 12.1 Å². The van der Waals surface area contributed by atoms with Crippen LogP contribution in [-0.2, 0) is 16.0 Å². The van der Waals surface area contributed by atoms with Crippen molar-refractivity contribution in [2.24, 2.45) is 11.7 Å². The van der Waals surface area contributed by atoms with Crippen molar-refractivity contribution < 1.29 is 9.59 Å². The molecular formula is C14H18N4O2. The summed E-state index contributed by atoms with van der Waals surface area (Å²) in [5.74, 6) is -0.260. The highest BCUT2D eigenvalue weighted by molar-refractivity contribution is 6.01. The lowest BCUT2D eigenvalue weighted by Crippen LogP contribution is -2.38. The number of rotatable bonds is 2. The van der Waals surface area contributed by atoms with Crippen molar-refractivity contribution in [3.63, 3.8) is 0 Å². The quantitative estimate of drug-likeness (QED) is 0.682. The van der Waals surface area contributed by atoms with Crippen LogP contribution in [0.15, 0.2) is 12.1 Å². The molecule has 20 heavy (non-hydrogen) atoms. The van der Waals surface area contributed by atoms with Gasteiger partial charge in [0, 0.05) is 24.7 Å². The summed E-state index contributed by atoms with van der Waals surface area (Å²) in [5.41, 5.74) is 14.8. The van der Waals surface area contributed by atoms with E-state index >= 15 is 0 Å². The van der Waals surface area contributed by atoms with Gasteiger partial charge in [0.1, 0.15) is 0 Å². The standard InChI is InChI=1S/C14H18N4O2/c15-10-5-9-6-13(19)17-11(9)7-12(10)18-3-1-8(2-4-18)14(16)20/h5,7-8H,1-4,6,15H2,(H2,16,20)(H,17,19). The number of amides is 2. The van der Waals surface area contributed by atoms with Gasteiger partial charge in [-0.15, -0.1) is 0 Å². The fourth-order valence-electron chi connectivity index (χ4n) is 2.96. The number of nitrogens with one attached hydrogen (secondary N) is 1. The van der Waals surface area contributed by atoms with Crippen molar-refractivity contribution in [1.29, 1.82) is 0 Å². The molecule has 6 nitrogen and oxygen atoms in total. The number of hydrogen-bond acceptors (Lipinski definition) is 4. The highest BCUT2D eigenvalue weighted by Crippen LogP contribution is 2.35. The van der Waals surface area contributed by atoms with Gasteiger partial charge >= 0.3 is 0 Å². The summed E-state index contributed by atoms with van der Waals surface area (Å²) < 4.78 is 0. The van der Waals surface area contributed by atoms with Crippen LogP contribution >= 0.6 is 0 Å². The highest BCUT2D eigenvalue weighted by atomic mass is 16.2. The second-order valence-corrected chi connectivity index (χ2v) is 5.46. The smallest absolute Gasteiger partial charge is 0.228 e. The fourth-order valence-corrected chi connectivity index (χ4v) is 2.96. The van der Waals surface area contributed by atoms with Crippen LogP contribution in [0.4, 0.5) is 17.1 Å². The predicted molar refractivity (Wildman–Crippen MR) is 77.3 cm³/mol. The SMILES string of the molecule is NC(=O)C1CCN(c2cc3c(cc2N)CC(=O)N3)CC1. The van der Waals surface area contributed by atoms with E-state index in [-0.39, 0.29) is 17.7 Å². The molecule has 5 N–H and O–H groups in total. The molecule has 3 rings (SSSR count). The van der Waals surface area contributed by atoms with Crippen LogP contribution in [0.2, 0.25) is 0 Å². The molecule has 0 saturated carbocycles. The zero-order valence-electron chi connectivity index (χ0n) is 11.2. The van der Waals surface area contributed by atoms with Crippen LogP contribution in [0.3, 0.4) is 0 Å². The van der Waals surface area contributed by atoms with Gasteiger partial charge in [-0.05, 0) is 30.5 Å². The van der Waals surface area contributed by atoms with Gasteiger partial charge < -0.3 is 21.7 Å². The summed E-state index contributed by atoms with van der Waals surface area (Å²) in [5, 5.41) is 2.84. The minimum absolute atomic E-state index is 0.00369. The van der Waals surface area contributed by atoms with Crippen molar-refractivity contribution in [3.8, 4) is 0 Å². The van der Waals surface area contributed by atoms with Gasteiger partial charge in [-0.2, -0.15) is 0 Å². The zero-order chi connectivity index (χ0) is 14.3. The predicted octanol–water partition coefficient (Wildman–Crippen LogP) is 0.465. The van der Waals surface area contributed by atoms with E-state index in [9.17, 15) is 9.59 Å². The van der Waals surface area contributed by atoms with Gasteiger partial charge in [-0.1, -0.05) is 0 Å². The van der Waals surface area contributed by atoms with E-state index in [4.69, 9.17) is 11.5 Å². The molecule has 1 aromatic carbocycles. The lowest BCUT2D eigenvalue weighted by molar-refractivity contribution is -0.122. The third-order valence-electron chi connectivity index (χ3n) is 4.12. The maximum absolute atomic E-state index is 11.4. The molecule has 2 aliphatic heterocycles. The summed E-state index contributed by atoms with van der Waals surface area (Å²) in [6.07, 6.45) is 1.89. The third kappa shape index (κ3) is 2.17. The molecule has 106 valence electrons. The largest absolute Gasteiger partial charge is 0.397 e. The lowest BCUT2D eigenvalue weighted by Gasteiger charge is -2.33. The Morgan fingerprint density at radius 2 is 2.00 bits per heavy atom. The van der Waals surface area contributed by atoms with Gasteiger partial charge in [-0.3, -0.25) is 9.59 Å². The summed E-state index contributed by atoms with van der Waals surface area (Å²) in [4.78, 5) is 24.7. The number of anilines is 3.